The molecule has 1 unspecified atom stereocenters. The van der Waals surface area contributed by atoms with Gasteiger partial charge in [-0.05, 0) is 5.56 Å². The van der Waals surface area contributed by atoms with Gasteiger partial charge in [0, 0.05) is 0 Å². The highest BCUT2D eigenvalue weighted by molar-refractivity contribution is 6.01. The number of β-lactam (4-membered cyclic amide) rings is 1. The number of nitrogens with zero attached hydrogens (tertiary/aromatic N) is 1. The summed E-state index contributed by atoms with van der Waals surface area (Å²) in [5.74, 6) is -0.506. The summed E-state index contributed by atoms with van der Waals surface area (Å²) in [6.45, 7) is 0.209. The summed E-state index contributed by atoms with van der Waals surface area (Å²) >= 11 is 0. The van der Waals surface area contributed by atoms with Crippen LogP contribution < -0.4 is 5.32 Å². The van der Waals surface area contributed by atoms with E-state index in [0.717, 1.165) is 10.5 Å². The van der Waals surface area contributed by atoms with E-state index in [2.05, 4.69) is 10.1 Å². The van der Waals surface area contributed by atoms with Gasteiger partial charge in [-0.25, -0.2) is 14.5 Å². The number of likely N-dealkylation sites (tertiary alicyclic amines) is 1. The maximum Gasteiger partial charge on any atom is 0.416 e. The molecule has 1 heterocycles. The third kappa shape index (κ3) is 3.05. The van der Waals surface area contributed by atoms with Gasteiger partial charge < -0.3 is 14.8 Å². The number of methoxy groups -OCH3 is 1. The molecular formula is C13H14N2O5. The van der Waals surface area contributed by atoms with Crippen LogP contribution in [0.2, 0.25) is 0 Å². The summed E-state index contributed by atoms with van der Waals surface area (Å²) in [6.07, 6.45) is -1.43. The first-order valence-corrected chi connectivity index (χ1v) is 5.98. The van der Waals surface area contributed by atoms with Gasteiger partial charge in [0.1, 0.15) is 12.6 Å². The van der Waals surface area contributed by atoms with E-state index >= 15 is 0 Å². The molecule has 106 valence electrons. The number of amides is 3. The van der Waals surface area contributed by atoms with Gasteiger partial charge >= 0.3 is 12.2 Å². The van der Waals surface area contributed by atoms with Crippen molar-refractivity contribution in [2.45, 2.75) is 12.6 Å². The molecule has 1 aromatic carbocycles. The maximum atomic E-state index is 11.5. The lowest BCUT2D eigenvalue weighted by Gasteiger charge is -2.35. The van der Waals surface area contributed by atoms with Crippen molar-refractivity contribution in [3.63, 3.8) is 0 Å². The van der Waals surface area contributed by atoms with Gasteiger partial charge in [-0.2, -0.15) is 0 Å². The number of nitrogens with one attached hydrogen (secondary N) is 1. The molecule has 2 rings (SSSR count). The molecule has 1 fully saturated rings. The number of hydrogen-bond donors (Lipinski definition) is 1. The topological polar surface area (TPSA) is 84.9 Å². The van der Waals surface area contributed by atoms with Crippen LogP contribution in [-0.2, 0) is 20.9 Å². The van der Waals surface area contributed by atoms with Gasteiger partial charge in [0.05, 0.1) is 13.7 Å². The van der Waals surface area contributed by atoms with Crippen molar-refractivity contribution < 1.29 is 23.9 Å². The largest absolute Gasteiger partial charge is 0.452 e. The van der Waals surface area contributed by atoms with E-state index in [4.69, 9.17) is 4.74 Å². The fourth-order valence-corrected chi connectivity index (χ4v) is 1.72. The summed E-state index contributed by atoms with van der Waals surface area (Å²) in [7, 11) is 1.19. The third-order valence-electron chi connectivity index (χ3n) is 2.83. The quantitative estimate of drug-likeness (QED) is 0.830. The number of imide groups is 1. The van der Waals surface area contributed by atoms with E-state index in [1.54, 1.807) is 0 Å². The summed E-state index contributed by atoms with van der Waals surface area (Å²) in [4.78, 5) is 35.0. The Morgan fingerprint density at radius 3 is 2.65 bits per heavy atom. The number of ether oxygens (including phenoxy) is 2. The molecule has 0 bridgehead atoms. The second kappa shape index (κ2) is 6.05. The van der Waals surface area contributed by atoms with Crippen LogP contribution in [0.15, 0.2) is 30.3 Å². The average molecular weight is 278 g/mol. The first-order valence-electron chi connectivity index (χ1n) is 5.98. The minimum Gasteiger partial charge on any atom is -0.452 e. The number of hydrogen-bond acceptors (Lipinski definition) is 5. The highest BCUT2D eigenvalue weighted by Gasteiger charge is 2.42. The standard InChI is InChI=1S/C13H14N2O5/c1-19-13(18)15-7-10(11(15)16)14-12(17)20-8-9-5-3-2-4-6-9/h2-6,10H,7-8H2,1H3,(H,14,17). The molecule has 7 heteroatoms. The minimum absolute atomic E-state index is 0.0892. The normalized spacial score (nSPS) is 17.1. The van der Waals surface area contributed by atoms with E-state index in [-0.39, 0.29) is 13.2 Å². The molecule has 1 aliphatic heterocycles. The molecule has 0 saturated carbocycles. The van der Waals surface area contributed by atoms with Crippen molar-refractivity contribution in [3.05, 3.63) is 35.9 Å². The highest BCUT2D eigenvalue weighted by atomic mass is 16.6. The highest BCUT2D eigenvalue weighted by Crippen LogP contribution is 2.11. The summed E-state index contributed by atoms with van der Waals surface area (Å²) in [5, 5.41) is 2.39. The average Bonchev–Trinajstić information content (AvgIpc) is 2.49. The number of benzene rings is 1. The van der Waals surface area contributed by atoms with Gasteiger partial charge in [-0.15, -0.1) is 0 Å². The molecule has 1 N–H and O–H groups in total. The smallest absolute Gasteiger partial charge is 0.416 e. The summed E-state index contributed by atoms with van der Waals surface area (Å²) < 4.78 is 9.37. The maximum absolute atomic E-state index is 11.5. The Morgan fingerprint density at radius 1 is 1.35 bits per heavy atom. The lowest BCUT2D eigenvalue weighted by molar-refractivity contribution is -0.140. The molecule has 0 aliphatic carbocycles. The molecule has 0 spiro atoms. The van der Waals surface area contributed by atoms with Crippen LogP contribution in [0.4, 0.5) is 9.59 Å². The fraction of sp³-hybridized carbons (Fsp3) is 0.308. The molecule has 1 saturated heterocycles. The van der Waals surface area contributed by atoms with Crippen molar-refractivity contribution in [3.8, 4) is 0 Å². The third-order valence-corrected chi connectivity index (χ3v) is 2.83. The van der Waals surface area contributed by atoms with E-state index < -0.39 is 24.1 Å². The van der Waals surface area contributed by atoms with E-state index in [1.165, 1.54) is 7.11 Å². The molecule has 1 aliphatic rings. The lowest BCUT2D eigenvalue weighted by atomic mass is 10.1. The molecule has 20 heavy (non-hydrogen) atoms. The second-order valence-corrected chi connectivity index (χ2v) is 4.18. The van der Waals surface area contributed by atoms with Gasteiger partial charge in [0.15, 0.2) is 0 Å². The van der Waals surface area contributed by atoms with Crippen molar-refractivity contribution in [2.75, 3.05) is 13.7 Å². The number of alkyl carbamates (subject to hydrolysis) is 1. The zero-order chi connectivity index (χ0) is 14.5. The Kier molecular flexibility index (Phi) is 4.19. The Bertz CT molecular complexity index is 517. The molecule has 0 radical (unpaired) electrons. The van der Waals surface area contributed by atoms with Gasteiger partial charge in [0.2, 0.25) is 0 Å². The molecule has 1 aromatic rings. The predicted molar refractivity (Wildman–Crippen MR) is 67.7 cm³/mol. The van der Waals surface area contributed by atoms with Gasteiger partial charge in [-0.3, -0.25) is 4.79 Å². The van der Waals surface area contributed by atoms with Crippen LogP contribution in [0, 0.1) is 0 Å². The first-order chi connectivity index (χ1) is 9.61. The fourth-order valence-electron chi connectivity index (χ4n) is 1.72. The number of carbonyl (C=O) groups is 3. The lowest BCUT2D eigenvalue weighted by Crippen LogP contribution is -2.65. The van der Waals surface area contributed by atoms with E-state index in [1.807, 2.05) is 30.3 Å². The van der Waals surface area contributed by atoms with Crippen molar-refractivity contribution in [1.82, 2.24) is 10.2 Å². The van der Waals surface area contributed by atoms with Crippen LogP contribution in [0.1, 0.15) is 5.56 Å². The summed E-state index contributed by atoms with van der Waals surface area (Å²) in [5.41, 5.74) is 0.846. The molecule has 7 nitrogen and oxygen atoms in total. The molecular weight excluding hydrogens is 264 g/mol. The van der Waals surface area contributed by atoms with Crippen molar-refractivity contribution in [1.29, 1.82) is 0 Å². The Hall–Kier alpha value is -2.57. The monoisotopic (exact) mass is 278 g/mol. The minimum atomic E-state index is -0.739. The van der Waals surface area contributed by atoms with Gasteiger partial charge in [0.25, 0.3) is 5.91 Å². The van der Waals surface area contributed by atoms with Crippen LogP contribution >= 0.6 is 0 Å². The van der Waals surface area contributed by atoms with Crippen molar-refractivity contribution in [2.24, 2.45) is 0 Å². The van der Waals surface area contributed by atoms with Crippen LogP contribution in [0.5, 0.6) is 0 Å². The van der Waals surface area contributed by atoms with Crippen LogP contribution in [-0.4, -0.2) is 42.7 Å². The molecule has 1 atom stereocenters. The Morgan fingerprint density at radius 2 is 2.05 bits per heavy atom. The Balaban J connectivity index is 1.74. The first kappa shape index (κ1) is 13.9. The zero-order valence-electron chi connectivity index (χ0n) is 10.9. The molecule has 0 aromatic heterocycles. The molecule has 3 amide bonds. The van der Waals surface area contributed by atoms with E-state index in [0.29, 0.717) is 0 Å². The Labute approximate surface area is 115 Å². The second-order valence-electron chi connectivity index (χ2n) is 4.18. The van der Waals surface area contributed by atoms with Crippen molar-refractivity contribution >= 4 is 18.1 Å². The number of rotatable bonds is 3. The zero-order valence-corrected chi connectivity index (χ0v) is 10.9. The van der Waals surface area contributed by atoms with Crippen LogP contribution in [0.25, 0.3) is 0 Å². The number of carbonyl (C=O) groups excluding carboxylic acids is 3. The predicted octanol–water partition coefficient (Wildman–Crippen LogP) is 0.890. The van der Waals surface area contributed by atoms with Gasteiger partial charge in [-0.1, -0.05) is 30.3 Å². The SMILES string of the molecule is COC(=O)N1CC(NC(=O)OCc2ccccc2)C1=O. The van der Waals surface area contributed by atoms with E-state index in [9.17, 15) is 14.4 Å². The van der Waals surface area contributed by atoms with Crippen LogP contribution in [0.3, 0.4) is 0 Å². The summed E-state index contributed by atoms with van der Waals surface area (Å²) in [6, 6.07) is 8.43.